The second-order valence-electron chi connectivity index (χ2n) is 5.68. The molecule has 2 bridgehead atoms. The van der Waals surface area contributed by atoms with Gasteiger partial charge in [0.2, 0.25) is 0 Å². The first-order chi connectivity index (χ1) is 8.25. The van der Waals surface area contributed by atoms with Crippen LogP contribution in [0.2, 0.25) is 0 Å². The third-order valence-electron chi connectivity index (χ3n) is 4.30. The Morgan fingerprint density at radius 1 is 1.00 bits per heavy atom. The van der Waals surface area contributed by atoms with Crippen molar-refractivity contribution in [3.8, 4) is 0 Å². The summed E-state index contributed by atoms with van der Waals surface area (Å²) in [6, 6.07) is 13.1. The van der Waals surface area contributed by atoms with Crippen LogP contribution in [-0.2, 0) is 0 Å². The van der Waals surface area contributed by atoms with E-state index < -0.39 is 0 Å². The molecule has 17 heavy (non-hydrogen) atoms. The predicted molar refractivity (Wildman–Crippen MR) is 72.4 cm³/mol. The minimum Gasteiger partial charge on any atom is -0.363 e. The molecule has 3 rings (SSSR count). The van der Waals surface area contributed by atoms with Crippen molar-refractivity contribution in [3.05, 3.63) is 30.3 Å². The zero-order valence-corrected chi connectivity index (χ0v) is 10.8. The van der Waals surface area contributed by atoms with Crippen molar-refractivity contribution in [2.45, 2.75) is 44.8 Å². The number of anilines is 1. The van der Waals surface area contributed by atoms with Crippen LogP contribution in [0.4, 0.5) is 5.69 Å². The van der Waals surface area contributed by atoms with Crippen molar-refractivity contribution in [1.29, 1.82) is 0 Å². The molecule has 2 heteroatoms. The Kier molecular flexibility index (Phi) is 2.83. The van der Waals surface area contributed by atoms with Gasteiger partial charge in [-0.15, -0.1) is 0 Å². The molecule has 2 unspecified atom stereocenters. The highest BCUT2D eigenvalue weighted by Crippen LogP contribution is 2.35. The fourth-order valence-corrected chi connectivity index (χ4v) is 3.38. The maximum atomic E-state index is 2.67. The average Bonchev–Trinajstić information content (AvgIpc) is 2.60. The van der Waals surface area contributed by atoms with E-state index in [2.05, 4.69) is 54.0 Å². The van der Waals surface area contributed by atoms with Crippen molar-refractivity contribution in [3.63, 3.8) is 0 Å². The highest BCUT2D eigenvalue weighted by atomic mass is 15.3. The highest BCUT2D eigenvalue weighted by molar-refractivity contribution is 5.50. The Bertz CT molecular complexity index is 360. The summed E-state index contributed by atoms with van der Waals surface area (Å²) in [6.45, 7) is 7.11. The number of fused-ring (bicyclic) bond motifs is 2. The molecule has 2 heterocycles. The fourth-order valence-electron chi connectivity index (χ4n) is 3.38. The van der Waals surface area contributed by atoms with Gasteiger partial charge in [0.05, 0.1) is 0 Å². The van der Waals surface area contributed by atoms with Crippen LogP contribution >= 0.6 is 0 Å². The molecule has 1 aromatic carbocycles. The van der Waals surface area contributed by atoms with Gasteiger partial charge in [0.1, 0.15) is 0 Å². The van der Waals surface area contributed by atoms with Gasteiger partial charge in [-0.1, -0.05) is 18.2 Å². The van der Waals surface area contributed by atoms with Crippen LogP contribution in [0.5, 0.6) is 0 Å². The smallest absolute Gasteiger partial charge is 0.0421 e. The second-order valence-corrected chi connectivity index (χ2v) is 5.68. The zero-order chi connectivity index (χ0) is 11.8. The lowest BCUT2D eigenvalue weighted by Gasteiger charge is -2.44. The minimum atomic E-state index is 0.691. The number of hydrogen-bond acceptors (Lipinski definition) is 2. The van der Waals surface area contributed by atoms with Gasteiger partial charge >= 0.3 is 0 Å². The standard InChI is InChI=1S/C15H22N2/c1-12(2)16-10-14-8-9-15(11-16)17(14)13-6-4-3-5-7-13/h3-7,12,14-15H,8-11H2,1-2H3. The van der Waals surface area contributed by atoms with E-state index in [-0.39, 0.29) is 0 Å². The maximum absolute atomic E-state index is 2.67. The quantitative estimate of drug-likeness (QED) is 0.771. The molecular formula is C15H22N2. The lowest BCUT2D eigenvalue weighted by Crippen LogP contribution is -2.55. The Hall–Kier alpha value is -1.02. The SMILES string of the molecule is CC(C)N1CC2CCC(C1)N2c1ccccc1. The van der Waals surface area contributed by atoms with E-state index in [1.54, 1.807) is 0 Å². The van der Waals surface area contributed by atoms with Gasteiger partial charge in [-0.3, -0.25) is 4.90 Å². The summed E-state index contributed by atoms with van der Waals surface area (Å²) in [5.74, 6) is 0. The van der Waals surface area contributed by atoms with Crippen molar-refractivity contribution >= 4 is 5.69 Å². The van der Waals surface area contributed by atoms with Crippen molar-refractivity contribution < 1.29 is 0 Å². The van der Waals surface area contributed by atoms with Crippen LogP contribution in [0.15, 0.2) is 30.3 Å². The van der Waals surface area contributed by atoms with E-state index in [0.717, 1.165) is 12.1 Å². The van der Waals surface area contributed by atoms with Crippen LogP contribution < -0.4 is 4.90 Å². The molecule has 0 radical (unpaired) electrons. The molecule has 0 N–H and O–H groups in total. The van der Waals surface area contributed by atoms with E-state index in [1.165, 1.54) is 31.6 Å². The molecule has 2 atom stereocenters. The Balaban J connectivity index is 1.82. The van der Waals surface area contributed by atoms with Gasteiger partial charge in [-0.05, 0) is 38.8 Å². The average molecular weight is 230 g/mol. The third-order valence-corrected chi connectivity index (χ3v) is 4.30. The molecule has 2 aliphatic rings. The van der Waals surface area contributed by atoms with Gasteiger partial charge in [-0.25, -0.2) is 0 Å². The summed E-state index contributed by atoms with van der Waals surface area (Å²) >= 11 is 0. The normalized spacial score (nSPS) is 29.0. The van der Waals surface area contributed by atoms with Gasteiger partial charge in [-0.2, -0.15) is 0 Å². The highest BCUT2D eigenvalue weighted by Gasteiger charge is 2.40. The fraction of sp³-hybridized carbons (Fsp3) is 0.600. The third kappa shape index (κ3) is 1.95. The molecule has 92 valence electrons. The Morgan fingerprint density at radius 3 is 2.12 bits per heavy atom. The molecule has 0 aliphatic carbocycles. The van der Waals surface area contributed by atoms with E-state index >= 15 is 0 Å². The Morgan fingerprint density at radius 2 is 1.59 bits per heavy atom. The van der Waals surface area contributed by atoms with E-state index in [0.29, 0.717) is 6.04 Å². The van der Waals surface area contributed by atoms with Gasteiger partial charge < -0.3 is 4.90 Å². The molecule has 2 fully saturated rings. The van der Waals surface area contributed by atoms with E-state index in [1.807, 2.05) is 0 Å². The summed E-state index contributed by atoms with van der Waals surface area (Å²) < 4.78 is 0. The molecule has 0 aromatic heterocycles. The zero-order valence-electron chi connectivity index (χ0n) is 10.8. The maximum Gasteiger partial charge on any atom is 0.0421 e. The number of para-hydroxylation sites is 1. The minimum absolute atomic E-state index is 0.691. The Labute approximate surface area is 104 Å². The first kappa shape index (κ1) is 11.1. The van der Waals surface area contributed by atoms with E-state index in [4.69, 9.17) is 0 Å². The van der Waals surface area contributed by atoms with Crippen molar-refractivity contribution in [2.75, 3.05) is 18.0 Å². The lowest BCUT2D eigenvalue weighted by atomic mass is 10.1. The number of nitrogens with zero attached hydrogens (tertiary/aromatic N) is 2. The topological polar surface area (TPSA) is 6.48 Å². The molecule has 2 nitrogen and oxygen atoms in total. The lowest BCUT2D eigenvalue weighted by molar-refractivity contribution is 0.177. The summed E-state index contributed by atoms with van der Waals surface area (Å²) in [5, 5.41) is 0. The van der Waals surface area contributed by atoms with Crippen LogP contribution in [-0.4, -0.2) is 36.1 Å². The molecule has 0 spiro atoms. The first-order valence-electron chi connectivity index (χ1n) is 6.83. The van der Waals surface area contributed by atoms with Crippen molar-refractivity contribution in [1.82, 2.24) is 4.90 Å². The summed E-state index contributed by atoms with van der Waals surface area (Å²) in [7, 11) is 0. The van der Waals surface area contributed by atoms with Crippen LogP contribution in [0.1, 0.15) is 26.7 Å². The predicted octanol–water partition coefficient (Wildman–Crippen LogP) is 2.75. The summed E-state index contributed by atoms with van der Waals surface area (Å²) in [6.07, 6.45) is 2.73. The van der Waals surface area contributed by atoms with Crippen LogP contribution in [0.25, 0.3) is 0 Å². The number of rotatable bonds is 2. The number of likely N-dealkylation sites (tertiary alicyclic amines) is 1. The van der Waals surface area contributed by atoms with Crippen LogP contribution in [0, 0.1) is 0 Å². The monoisotopic (exact) mass is 230 g/mol. The van der Waals surface area contributed by atoms with Crippen molar-refractivity contribution in [2.24, 2.45) is 0 Å². The summed E-state index contributed by atoms with van der Waals surface area (Å²) in [4.78, 5) is 5.31. The number of piperazine rings is 1. The van der Waals surface area contributed by atoms with Gasteiger partial charge in [0, 0.05) is 36.9 Å². The largest absolute Gasteiger partial charge is 0.363 e. The van der Waals surface area contributed by atoms with Crippen LogP contribution in [0.3, 0.4) is 0 Å². The van der Waals surface area contributed by atoms with Gasteiger partial charge in [0.15, 0.2) is 0 Å². The second kappa shape index (κ2) is 4.34. The molecule has 0 amide bonds. The van der Waals surface area contributed by atoms with E-state index in [9.17, 15) is 0 Å². The van der Waals surface area contributed by atoms with Gasteiger partial charge in [0.25, 0.3) is 0 Å². The molecular weight excluding hydrogens is 208 g/mol. The number of hydrogen-bond donors (Lipinski definition) is 0. The molecule has 1 aromatic rings. The molecule has 2 aliphatic heterocycles. The first-order valence-corrected chi connectivity index (χ1v) is 6.83. The molecule has 0 saturated carbocycles. The number of benzene rings is 1. The summed E-state index contributed by atoms with van der Waals surface area (Å²) in [5.41, 5.74) is 1.42. The molecule has 2 saturated heterocycles.